The minimum absolute atomic E-state index is 0.478. The Bertz CT molecular complexity index is 108. The molecule has 58 valence electrons. The molecule has 3 heteroatoms. The van der Waals surface area contributed by atoms with Gasteiger partial charge in [-0.25, -0.2) is 0 Å². The predicted octanol–water partition coefficient (Wildman–Crippen LogP) is 1.81. The number of hydrogen-bond acceptors (Lipinski definition) is 1. The topological polar surface area (TPSA) is 9.23 Å². The highest BCUT2D eigenvalue weighted by Gasteiger charge is 2.26. The van der Waals surface area contributed by atoms with Gasteiger partial charge >= 0.3 is 14.5 Å². The van der Waals surface area contributed by atoms with Crippen LogP contribution in [0.3, 0.4) is 0 Å². The Morgan fingerprint density at radius 2 is 2.20 bits per heavy atom. The average molecular weight is 172 g/mol. The summed E-state index contributed by atoms with van der Waals surface area (Å²) in [5.74, 6) is 2.34. The first-order valence-corrected chi connectivity index (χ1v) is 9.77. The van der Waals surface area contributed by atoms with Gasteiger partial charge < -0.3 is 3.79 Å². The maximum atomic E-state index is 5.95. The average Bonchev–Trinajstić information content (AvgIpc) is 1.88. The van der Waals surface area contributed by atoms with Crippen molar-refractivity contribution in [1.29, 1.82) is 0 Å². The summed E-state index contributed by atoms with van der Waals surface area (Å²) in [6, 6.07) is 0. The number of hydrogen-bond donors (Lipinski definition) is 0. The Kier molecular flexibility index (Phi) is 3.45. The van der Waals surface area contributed by atoms with E-state index in [0.717, 1.165) is 5.73 Å². The van der Waals surface area contributed by atoms with Crippen molar-refractivity contribution in [3.8, 4) is 0 Å². The molecule has 1 fully saturated rings. The van der Waals surface area contributed by atoms with Crippen molar-refractivity contribution in [2.24, 2.45) is 0 Å². The van der Waals surface area contributed by atoms with Crippen molar-refractivity contribution in [3.05, 3.63) is 0 Å². The molecule has 0 radical (unpaired) electrons. The molecule has 1 saturated heterocycles. The van der Waals surface area contributed by atoms with Crippen molar-refractivity contribution in [2.45, 2.75) is 42.7 Å². The van der Waals surface area contributed by atoms with Gasteiger partial charge in [-0.2, -0.15) is 0 Å². The quantitative estimate of drug-likeness (QED) is 0.548. The molecule has 1 aliphatic rings. The monoisotopic (exact) mass is 172 g/mol. The fourth-order valence-corrected chi connectivity index (χ4v) is 6.18. The Morgan fingerprint density at radius 1 is 1.50 bits per heavy atom. The molecule has 10 heavy (non-hydrogen) atoms. The summed E-state index contributed by atoms with van der Waals surface area (Å²) in [6.07, 6.45) is 2.81. The van der Waals surface area contributed by atoms with Crippen LogP contribution in [-0.2, 0) is 3.79 Å². The van der Waals surface area contributed by atoms with Gasteiger partial charge in [0.05, 0.1) is 8.80 Å². The summed E-state index contributed by atoms with van der Waals surface area (Å²) in [4.78, 5) is 0. The minimum atomic E-state index is -0.674. The third-order valence-corrected chi connectivity index (χ3v) is 6.58. The van der Waals surface area contributed by atoms with Gasteiger partial charge in [-0.15, -0.1) is 0 Å². The predicted molar refractivity (Wildman–Crippen MR) is 49.4 cm³/mol. The van der Waals surface area contributed by atoms with Gasteiger partial charge in [0.1, 0.15) is 0 Å². The van der Waals surface area contributed by atoms with Gasteiger partial charge in [0.25, 0.3) is 0 Å². The van der Waals surface area contributed by atoms with Crippen LogP contribution in [-0.4, -0.2) is 29.0 Å². The molecule has 0 aromatic rings. The van der Waals surface area contributed by atoms with Crippen LogP contribution in [0.25, 0.3) is 0 Å². The third kappa shape index (κ3) is 2.39. The van der Waals surface area contributed by atoms with Crippen LogP contribution in [0.5, 0.6) is 0 Å². The lowest BCUT2D eigenvalue weighted by atomic mass is 10.3. The van der Waals surface area contributed by atoms with Crippen molar-refractivity contribution in [3.63, 3.8) is 0 Å². The van der Waals surface area contributed by atoms with E-state index in [4.69, 9.17) is 3.79 Å². The Labute approximate surface area is 70.1 Å². The maximum absolute atomic E-state index is 5.95. The molecule has 0 aliphatic carbocycles. The summed E-state index contributed by atoms with van der Waals surface area (Å²) in [6.45, 7) is 4.80. The highest BCUT2D eigenvalue weighted by Crippen LogP contribution is 2.18. The molecule has 0 saturated carbocycles. The highest BCUT2D eigenvalue weighted by molar-refractivity contribution is 6.59. The summed E-state index contributed by atoms with van der Waals surface area (Å²) < 4.78 is 5.95. The molecule has 0 bridgehead atoms. The van der Waals surface area contributed by atoms with Crippen LogP contribution in [0.15, 0.2) is 0 Å². The Hall–Kier alpha value is 0.709. The molecular weight excluding hydrogens is 155 g/mol. The van der Waals surface area contributed by atoms with E-state index < -0.39 is 23.3 Å². The summed E-state index contributed by atoms with van der Waals surface area (Å²) in [5, 5.41) is 1.41. The van der Waals surface area contributed by atoms with Crippen LogP contribution < -0.4 is 0 Å². The van der Waals surface area contributed by atoms with E-state index in [9.17, 15) is 0 Å². The molecule has 0 amide bonds. The van der Waals surface area contributed by atoms with Crippen molar-refractivity contribution >= 4 is 23.3 Å². The van der Waals surface area contributed by atoms with Gasteiger partial charge in [0.2, 0.25) is 0 Å². The van der Waals surface area contributed by atoms with Gasteiger partial charge in [0, 0.05) is 5.73 Å². The lowest BCUT2D eigenvalue weighted by molar-refractivity contribution is 0.243. The van der Waals surface area contributed by atoms with Crippen molar-refractivity contribution < 1.29 is 3.79 Å². The molecule has 1 nitrogen and oxygen atoms in total. The van der Waals surface area contributed by atoms with E-state index in [1.165, 1.54) is 18.1 Å². The Balaban J connectivity index is 2.32. The standard InChI is InChI=1S/C6H14OSi.CH3.Al/c1-4-5-6(7)8(2)3;;/h6,8H,1,4-5H2,2-3H3;1H3;/q-1;;+1. The summed E-state index contributed by atoms with van der Waals surface area (Å²) >= 11 is -0.674. The van der Waals surface area contributed by atoms with E-state index in [0.29, 0.717) is 0 Å². The molecule has 0 spiro atoms. The largest absolute Gasteiger partial charge is 0.501 e. The van der Waals surface area contributed by atoms with Gasteiger partial charge in [0.15, 0.2) is 0 Å². The molecule has 0 N–H and O–H groups in total. The van der Waals surface area contributed by atoms with Crippen molar-refractivity contribution in [2.75, 3.05) is 0 Å². The summed E-state index contributed by atoms with van der Waals surface area (Å²) in [7, 11) is -0.478. The molecule has 1 unspecified atom stereocenters. The normalized spacial score (nSPS) is 27.6. The highest BCUT2D eigenvalue weighted by atomic mass is 28.3. The van der Waals surface area contributed by atoms with E-state index in [-0.39, 0.29) is 0 Å². The lowest BCUT2D eigenvalue weighted by Crippen LogP contribution is -2.36. The minimum Gasteiger partial charge on any atom is -0.501 e. The van der Waals surface area contributed by atoms with Crippen LogP contribution in [0, 0.1) is 0 Å². The smallest absolute Gasteiger partial charge is 0.457 e. The first-order valence-electron chi connectivity index (χ1n) is 4.35. The van der Waals surface area contributed by atoms with Crippen LogP contribution in [0.2, 0.25) is 24.2 Å². The van der Waals surface area contributed by atoms with Crippen LogP contribution in [0.4, 0.5) is 0 Å². The van der Waals surface area contributed by atoms with Gasteiger partial charge in [-0.1, -0.05) is 30.6 Å². The molecule has 0 aromatic heterocycles. The molecule has 1 rings (SSSR count). The molecule has 1 heterocycles. The Morgan fingerprint density at radius 3 is 2.60 bits per heavy atom. The van der Waals surface area contributed by atoms with Crippen molar-refractivity contribution in [1.82, 2.24) is 0 Å². The first-order chi connectivity index (χ1) is 4.70. The van der Waals surface area contributed by atoms with Crippen LogP contribution >= 0.6 is 0 Å². The third-order valence-electron chi connectivity index (χ3n) is 2.25. The van der Waals surface area contributed by atoms with Gasteiger partial charge in [-0.3, -0.25) is 0 Å². The molecular formula is C7H17AlOSi. The molecule has 1 atom stereocenters. The van der Waals surface area contributed by atoms with E-state index >= 15 is 0 Å². The first kappa shape index (κ1) is 8.80. The molecule has 0 aromatic carbocycles. The fourth-order valence-electron chi connectivity index (χ4n) is 1.53. The second kappa shape index (κ2) is 3.92. The maximum Gasteiger partial charge on any atom is 0.457 e. The van der Waals surface area contributed by atoms with E-state index in [1.54, 1.807) is 0 Å². The van der Waals surface area contributed by atoms with E-state index in [2.05, 4.69) is 18.9 Å². The zero-order chi connectivity index (χ0) is 7.56. The van der Waals surface area contributed by atoms with E-state index in [1.807, 2.05) is 0 Å². The summed E-state index contributed by atoms with van der Waals surface area (Å²) in [5.41, 5.74) is 0.732. The molecule has 1 aliphatic heterocycles. The second-order valence-corrected chi connectivity index (χ2v) is 9.36. The lowest BCUT2D eigenvalue weighted by Gasteiger charge is -2.28. The van der Waals surface area contributed by atoms with Gasteiger partial charge in [-0.05, 0) is 6.42 Å². The fraction of sp³-hybridized carbons (Fsp3) is 1.00. The zero-order valence-electron chi connectivity index (χ0n) is 7.26. The second-order valence-electron chi connectivity index (χ2n) is 3.66. The zero-order valence-corrected chi connectivity index (χ0v) is 9.57. The van der Waals surface area contributed by atoms with Crippen LogP contribution in [0.1, 0.15) is 12.8 Å². The SMILES string of the molecule is [CH3][Al]1[CH2]CCC([SiH](C)C)[O]1. The number of rotatable bonds is 1.